The molecule has 1 aliphatic carbocycles. The molecule has 110 valence electrons. The third kappa shape index (κ3) is 6.17. The molecule has 1 heterocycles. The predicted molar refractivity (Wildman–Crippen MR) is 80.5 cm³/mol. The number of ether oxygens (including phenoxy) is 1. The van der Waals surface area contributed by atoms with E-state index in [1.165, 1.54) is 38.5 Å². The molecule has 1 saturated heterocycles. The zero-order chi connectivity index (χ0) is 13.3. The van der Waals surface area contributed by atoms with Gasteiger partial charge in [0.1, 0.15) is 0 Å². The Balaban J connectivity index is 1.44. The van der Waals surface area contributed by atoms with Crippen molar-refractivity contribution in [3.63, 3.8) is 0 Å². The van der Waals surface area contributed by atoms with E-state index in [1.54, 1.807) is 0 Å². The van der Waals surface area contributed by atoms with Crippen molar-refractivity contribution in [3.05, 3.63) is 0 Å². The maximum Gasteiger partial charge on any atom is 0.220 e. The highest BCUT2D eigenvalue weighted by atomic mass is 32.2. The van der Waals surface area contributed by atoms with Gasteiger partial charge >= 0.3 is 0 Å². The average Bonchev–Trinajstić information content (AvgIpc) is 2.96. The van der Waals surface area contributed by atoms with Gasteiger partial charge in [-0.05, 0) is 25.2 Å². The highest BCUT2D eigenvalue weighted by Gasteiger charge is 2.16. The lowest BCUT2D eigenvalue weighted by Crippen LogP contribution is -2.27. The van der Waals surface area contributed by atoms with E-state index in [4.69, 9.17) is 4.74 Å². The van der Waals surface area contributed by atoms with Crippen LogP contribution in [0.5, 0.6) is 0 Å². The van der Waals surface area contributed by atoms with Crippen LogP contribution in [0.2, 0.25) is 0 Å². The molecule has 0 aromatic heterocycles. The first kappa shape index (κ1) is 15.2. The maximum absolute atomic E-state index is 11.7. The summed E-state index contributed by atoms with van der Waals surface area (Å²) in [6, 6.07) is 0. The molecule has 1 amide bonds. The van der Waals surface area contributed by atoms with Crippen LogP contribution in [0, 0.1) is 5.92 Å². The summed E-state index contributed by atoms with van der Waals surface area (Å²) in [6.07, 6.45) is 9.58. The van der Waals surface area contributed by atoms with Gasteiger partial charge in [0.2, 0.25) is 5.91 Å². The Morgan fingerprint density at radius 2 is 1.89 bits per heavy atom. The van der Waals surface area contributed by atoms with Crippen molar-refractivity contribution in [2.24, 2.45) is 5.92 Å². The molecule has 0 spiro atoms. The monoisotopic (exact) mass is 285 g/mol. The number of carbonyl (C=O) groups is 1. The van der Waals surface area contributed by atoms with E-state index < -0.39 is 0 Å². The molecule has 1 aliphatic heterocycles. The fourth-order valence-corrected chi connectivity index (χ4v) is 4.06. The lowest BCUT2D eigenvalue weighted by atomic mass is 10.0. The minimum Gasteiger partial charge on any atom is -0.381 e. The molecule has 0 bridgehead atoms. The van der Waals surface area contributed by atoms with Crippen molar-refractivity contribution in [3.8, 4) is 0 Å². The zero-order valence-electron chi connectivity index (χ0n) is 11.9. The molecule has 0 aromatic rings. The van der Waals surface area contributed by atoms with Gasteiger partial charge < -0.3 is 10.1 Å². The largest absolute Gasteiger partial charge is 0.381 e. The highest BCUT2D eigenvalue weighted by Crippen LogP contribution is 2.28. The van der Waals surface area contributed by atoms with E-state index in [1.807, 2.05) is 11.8 Å². The summed E-state index contributed by atoms with van der Waals surface area (Å²) in [4.78, 5) is 11.7. The molecule has 0 aromatic carbocycles. The quantitative estimate of drug-likeness (QED) is 0.731. The molecule has 19 heavy (non-hydrogen) atoms. The molecule has 1 saturated carbocycles. The van der Waals surface area contributed by atoms with Gasteiger partial charge in [-0.1, -0.05) is 25.7 Å². The Hall–Kier alpha value is -0.220. The number of thioether (sulfide) groups is 1. The van der Waals surface area contributed by atoms with Crippen molar-refractivity contribution >= 4 is 17.7 Å². The molecule has 0 unspecified atom stereocenters. The molecular formula is C15H27NO2S. The Labute approximate surface area is 121 Å². The molecule has 2 aliphatic rings. The van der Waals surface area contributed by atoms with E-state index in [0.29, 0.717) is 0 Å². The Kier molecular flexibility index (Phi) is 7.07. The van der Waals surface area contributed by atoms with Gasteiger partial charge in [0.25, 0.3) is 0 Å². The molecule has 2 fully saturated rings. The second-order valence-corrected chi connectivity index (χ2v) is 7.13. The van der Waals surface area contributed by atoms with Gasteiger partial charge in [0.15, 0.2) is 0 Å². The zero-order valence-corrected chi connectivity index (χ0v) is 12.7. The van der Waals surface area contributed by atoms with Crippen LogP contribution in [0.15, 0.2) is 0 Å². The summed E-state index contributed by atoms with van der Waals surface area (Å²) in [5.74, 6) is 2.11. The van der Waals surface area contributed by atoms with E-state index in [0.717, 1.165) is 49.5 Å². The third-order valence-electron chi connectivity index (χ3n) is 4.20. The van der Waals surface area contributed by atoms with Crippen molar-refractivity contribution in [2.45, 2.75) is 56.6 Å². The van der Waals surface area contributed by atoms with Crippen molar-refractivity contribution in [1.29, 1.82) is 0 Å². The number of nitrogens with one attached hydrogen (secondary N) is 1. The maximum atomic E-state index is 11.7. The summed E-state index contributed by atoms with van der Waals surface area (Å²) < 4.78 is 5.34. The smallest absolute Gasteiger partial charge is 0.220 e. The first-order chi connectivity index (χ1) is 9.34. The van der Waals surface area contributed by atoms with E-state index >= 15 is 0 Å². The molecule has 0 atom stereocenters. The van der Waals surface area contributed by atoms with E-state index in [-0.39, 0.29) is 5.91 Å². The average molecular weight is 285 g/mol. The second kappa shape index (κ2) is 8.85. The second-order valence-electron chi connectivity index (χ2n) is 5.72. The number of hydrogen-bond acceptors (Lipinski definition) is 3. The molecule has 4 heteroatoms. The Morgan fingerprint density at radius 3 is 2.63 bits per heavy atom. The first-order valence-electron chi connectivity index (χ1n) is 7.80. The Morgan fingerprint density at radius 1 is 1.16 bits per heavy atom. The number of hydrogen-bond donors (Lipinski definition) is 1. The molecule has 3 nitrogen and oxygen atoms in total. The van der Waals surface area contributed by atoms with Gasteiger partial charge in [-0.15, -0.1) is 0 Å². The van der Waals surface area contributed by atoms with Crippen LogP contribution < -0.4 is 5.32 Å². The van der Waals surface area contributed by atoms with Crippen LogP contribution in [-0.2, 0) is 9.53 Å². The van der Waals surface area contributed by atoms with Gasteiger partial charge in [0.05, 0.1) is 0 Å². The fourth-order valence-electron chi connectivity index (χ4n) is 2.98. The van der Waals surface area contributed by atoms with Crippen molar-refractivity contribution in [2.75, 3.05) is 25.5 Å². The lowest BCUT2D eigenvalue weighted by Gasteiger charge is -2.21. The minimum absolute atomic E-state index is 0.250. The lowest BCUT2D eigenvalue weighted by molar-refractivity contribution is -0.121. The fraction of sp³-hybridized carbons (Fsp3) is 0.933. The summed E-state index contributed by atoms with van der Waals surface area (Å²) >= 11 is 1.99. The summed E-state index contributed by atoms with van der Waals surface area (Å²) in [5.41, 5.74) is 0. The van der Waals surface area contributed by atoms with Crippen LogP contribution in [0.25, 0.3) is 0 Å². The molecular weight excluding hydrogens is 258 g/mol. The van der Waals surface area contributed by atoms with Crippen LogP contribution in [0.4, 0.5) is 0 Å². The van der Waals surface area contributed by atoms with Crippen molar-refractivity contribution in [1.82, 2.24) is 5.32 Å². The topological polar surface area (TPSA) is 38.3 Å². The standard InChI is InChI=1S/C15H27NO2S/c17-15(6-5-13-3-1-2-4-13)16-9-12-19-14-7-10-18-11-8-14/h13-14H,1-12H2,(H,16,17). The number of carbonyl (C=O) groups excluding carboxylic acids is 1. The van der Waals surface area contributed by atoms with Crippen LogP contribution >= 0.6 is 11.8 Å². The Bertz CT molecular complexity index is 261. The van der Waals surface area contributed by atoms with E-state index in [2.05, 4.69) is 5.32 Å². The van der Waals surface area contributed by atoms with Gasteiger partial charge in [-0.3, -0.25) is 4.79 Å². The SMILES string of the molecule is O=C(CCC1CCCC1)NCCSC1CCOCC1. The predicted octanol–water partition coefficient (Wildman–Crippen LogP) is 2.99. The minimum atomic E-state index is 0.250. The molecule has 1 N–H and O–H groups in total. The van der Waals surface area contributed by atoms with Crippen LogP contribution in [0.3, 0.4) is 0 Å². The number of rotatable bonds is 7. The highest BCUT2D eigenvalue weighted by molar-refractivity contribution is 7.99. The van der Waals surface area contributed by atoms with Crippen LogP contribution in [0.1, 0.15) is 51.4 Å². The van der Waals surface area contributed by atoms with Gasteiger partial charge in [-0.2, -0.15) is 11.8 Å². The normalized spacial score (nSPS) is 21.7. The van der Waals surface area contributed by atoms with Crippen LogP contribution in [-0.4, -0.2) is 36.7 Å². The summed E-state index contributed by atoms with van der Waals surface area (Å²) in [7, 11) is 0. The molecule has 2 rings (SSSR count). The first-order valence-corrected chi connectivity index (χ1v) is 8.85. The van der Waals surface area contributed by atoms with E-state index in [9.17, 15) is 4.79 Å². The third-order valence-corrected chi connectivity index (χ3v) is 5.58. The van der Waals surface area contributed by atoms with Gasteiger partial charge in [0, 0.05) is 37.2 Å². The summed E-state index contributed by atoms with van der Waals surface area (Å²) in [6.45, 7) is 2.64. The van der Waals surface area contributed by atoms with Gasteiger partial charge in [-0.25, -0.2) is 0 Å². The van der Waals surface area contributed by atoms with Crippen molar-refractivity contribution < 1.29 is 9.53 Å². The summed E-state index contributed by atoms with van der Waals surface area (Å²) in [5, 5.41) is 3.80. The molecule has 0 radical (unpaired) electrons. The number of amides is 1.